The summed E-state index contributed by atoms with van der Waals surface area (Å²) in [6.07, 6.45) is 3.12. The second kappa shape index (κ2) is 8.52. The van der Waals surface area contributed by atoms with Gasteiger partial charge in [-0.2, -0.15) is 4.31 Å². The Morgan fingerprint density at radius 1 is 1.00 bits per heavy atom. The summed E-state index contributed by atoms with van der Waals surface area (Å²) in [7, 11) is -3.49. The number of aryl methyl sites for hydroxylation is 1. The zero-order valence-corrected chi connectivity index (χ0v) is 18.6. The molecule has 1 amide bonds. The van der Waals surface area contributed by atoms with Gasteiger partial charge in [0, 0.05) is 31.2 Å². The zero-order valence-electron chi connectivity index (χ0n) is 17.8. The van der Waals surface area contributed by atoms with Gasteiger partial charge in [-0.25, -0.2) is 8.42 Å². The number of carbonyl (C=O) groups is 1. The van der Waals surface area contributed by atoms with E-state index < -0.39 is 10.0 Å². The summed E-state index contributed by atoms with van der Waals surface area (Å²) in [5, 5.41) is 0. The van der Waals surface area contributed by atoms with Crippen molar-refractivity contribution in [2.75, 3.05) is 24.5 Å². The number of nitrogens with zero attached hydrogens (tertiary/aromatic N) is 2. The average Bonchev–Trinajstić information content (AvgIpc) is 2.78. The molecule has 2 aliphatic rings. The van der Waals surface area contributed by atoms with Crippen LogP contribution < -0.4 is 4.90 Å². The first-order valence-corrected chi connectivity index (χ1v) is 12.3. The van der Waals surface area contributed by atoms with Crippen molar-refractivity contribution in [3.8, 4) is 0 Å². The van der Waals surface area contributed by atoms with Crippen molar-refractivity contribution in [2.45, 2.75) is 50.3 Å². The van der Waals surface area contributed by atoms with Crippen LogP contribution in [0.5, 0.6) is 0 Å². The van der Waals surface area contributed by atoms with E-state index >= 15 is 0 Å². The Hall–Kier alpha value is -2.18. The Kier molecular flexibility index (Phi) is 5.98. The number of amides is 1. The normalized spacial score (nSPS) is 18.4. The van der Waals surface area contributed by atoms with Gasteiger partial charge in [-0.05, 0) is 60.9 Å². The Labute approximate surface area is 179 Å². The largest absolute Gasteiger partial charge is 0.312 e. The van der Waals surface area contributed by atoms with E-state index in [1.54, 1.807) is 24.3 Å². The van der Waals surface area contributed by atoms with Crippen molar-refractivity contribution in [3.05, 3.63) is 59.7 Å². The molecule has 1 saturated heterocycles. The summed E-state index contributed by atoms with van der Waals surface area (Å²) < 4.78 is 27.2. The molecule has 0 radical (unpaired) electrons. The molecule has 30 heavy (non-hydrogen) atoms. The molecular formula is C24H30N2O3S. The van der Waals surface area contributed by atoms with Crippen molar-refractivity contribution >= 4 is 21.6 Å². The van der Waals surface area contributed by atoms with E-state index in [9.17, 15) is 13.2 Å². The summed E-state index contributed by atoms with van der Waals surface area (Å²) >= 11 is 0. The molecular weight excluding hydrogens is 396 g/mol. The van der Waals surface area contributed by atoms with Crippen LogP contribution in [0.4, 0.5) is 5.69 Å². The highest BCUT2D eigenvalue weighted by molar-refractivity contribution is 7.89. The number of hydrogen-bond donors (Lipinski definition) is 0. The Morgan fingerprint density at radius 2 is 1.70 bits per heavy atom. The van der Waals surface area contributed by atoms with E-state index in [4.69, 9.17) is 0 Å². The van der Waals surface area contributed by atoms with Gasteiger partial charge in [-0.15, -0.1) is 0 Å². The molecule has 0 saturated carbocycles. The number of fused-ring (bicyclic) bond motifs is 1. The minimum absolute atomic E-state index is 0.122. The van der Waals surface area contributed by atoms with E-state index in [1.807, 2.05) is 11.0 Å². The molecule has 2 aromatic rings. The monoisotopic (exact) mass is 426 g/mol. The third-order valence-corrected chi connectivity index (χ3v) is 8.25. The summed E-state index contributed by atoms with van der Waals surface area (Å²) in [6, 6.07) is 15.0. The summed E-state index contributed by atoms with van der Waals surface area (Å²) in [4.78, 5) is 15.6. The van der Waals surface area contributed by atoms with Gasteiger partial charge in [0.15, 0.2) is 0 Å². The maximum absolute atomic E-state index is 13.3. The van der Waals surface area contributed by atoms with Crippen LogP contribution in [0, 0.1) is 5.92 Å². The first-order chi connectivity index (χ1) is 14.4. The standard InChI is InChI=1S/C24H30N2O3S/c1-18(2)20-10-11-23-21(17-20)7-6-14-26(23)24(27)19-12-15-25(16-13-19)30(28,29)22-8-4-3-5-9-22/h3-5,8-11,17-19H,6-7,12-16H2,1-2H3. The maximum Gasteiger partial charge on any atom is 0.243 e. The number of anilines is 1. The molecule has 0 aliphatic carbocycles. The van der Waals surface area contributed by atoms with Crippen LogP contribution in [0.15, 0.2) is 53.4 Å². The topological polar surface area (TPSA) is 57.7 Å². The van der Waals surface area contributed by atoms with Crippen LogP contribution in [-0.4, -0.2) is 38.3 Å². The van der Waals surface area contributed by atoms with Gasteiger partial charge in [0.05, 0.1) is 4.90 Å². The quantitative estimate of drug-likeness (QED) is 0.737. The molecule has 2 aliphatic heterocycles. The van der Waals surface area contributed by atoms with E-state index in [0.717, 1.165) is 25.1 Å². The maximum atomic E-state index is 13.3. The molecule has 0 bridgehead atoms. The lowest BCUT2D eigenvalue weighted by Gasteiger charge is -2.36. The fourth-order valence-electron chi connectivity index (χ4n) is 4.51. The van der Waals surface area contributed by atoms with Crippen LogP contribution >= 0.6 is 0 Å². The number of sulfonamides is 1. The van der Waals surface area contributed by atoms with Crippen LogP contribution in [0.1, 0.15) is 50.2 Å². The first kappa shape index (κ1) is 21.1. The molecule has 0 atom stereocenters. The SMILES string of the molecule is CC(C)c1ccc2c(c1)CCCN2C(=O)C1CCN(S(=O)(=O)c2ccccc2)CC1. The predicted octanol–water partition coefficient (Wildman–Crippen LogP) is 4.19. The fourth-order valence-corrected chi connectivity index (χ4v) is 6.00. The number of benzene rings is 2. The summed E-state index contributed by atoms with van der Waals surface area (Å²) in [5.41, 5.74) is 3.60. The molecule has 0 N–H and O–H groups in total. The van der Waals surface area contributed by atoms with Crippen molar-refractivity contribution in [1.82, 2.24) is 4.31 Å². The lowest BCUT2D eigenvalue weighted by atomic mass is 9.92. The van der Waals surface area contributed by atoms with Gasteiger partial charge in [0.1, 0.15) is 0 Å². The van der Waals surface area contributed by atoms with Gasteiger partial charge in [0.2, 0.25) is 15.9 Å². The number of piperidine rings is 1. The smallest absolute Gasteiger partial charge is 0.243 e. The van der Waals surface area contributed by atoms with E-state index in [1.165, 1.54) is 15.4 Å². The van der Waals surface area contributed by atoms with Crippen molar-refractivity contribution < 1.29 is 13.2 Å². The molecule has 0 unspecified atom stereocenters. The summed E-state index contributed by atoms with van der Waals surface area (Å²) in [6.45, 7) is 5.89. The van der Waals surface area contributed by atoms with Crippen LogP contribution in [0.2, 0.25) is 0 Å². The van der Waals surface area contributed by atoms with Gasteiger partial charge < -0.3 is 4.90 Å². The highest BCUT2D eigenvalue weighted by atomic mass is 32.2. The lowest BCUT2D eigenvalue weighted by Crippen LogP contribution is -2.45. The number of rotatable bonds is 4. The second-order valence-electron chi connectivity index (χ2n) is 8.63. The molecule has 4 rings (SSSR count). The second-order valence-corrected chi connectivity index (χ2v) is 10.6. The molecule has 0 spiro atoms. The first-order valence-electron chi connectivity index (χ1n) is 10.9. The fraction of sp³-hybridized carbons (Fsp3) is 0.458. The highest BCUT2D eigenvalue weighted by Crippen LogP contribution is 2.33. The minimum atomic E-state index is -3.49. The van der Waals surface area contributed by atoms with Crippen molar-refractivity contribution in [1.29, 1.82) is 0 Å². The number of hydrogen-bond acceptors (Lipinski definition) is 3. The lowest BCUT2D eigenvalue weighted by molar-refractivity contribution is -0.123. The van der Waals surface area contributed by atoms with Gasteiger partial charge in [-0.3, -0.25) is 4.79 Å². The number of carbonyl (C=O) groups excluding carboxylic acids is 1. The van der Waals surface area contributed by atoms with E-state index in [-0.39, 0.29) is 11.8 Å². The zero-order chi connectivity index (χ0) is 21.3. The molecule has 6 heteroatoms. The van der Waals surface area contributed by atoms with Gasteiger partial charge in [-0.1, -0.05) is 44.2 Å². The van der Waals surface area contributed by atoms with Crippen molar-refractivity contribution in [3.63, 3.8) is 0 Å². The van der Waals surface area contributed by atoms with Crippen molar-refractivity contribution in [2.24, 2.45) is 5.92 Å². The molecule has 2 heterocycles. The van der Waals surface area contributed by atoms with Gasteiger partial charge in [0.25, 0.3) is 0 Å². The van der Waals surface area contributed by atoms with Crippen LogP contribution in [0.3, 0.4) is 0 Å². The van der Waals surface area contributed by atoms with E-state index in [0.29, 0.717) is 36.7 Å². The average molecular weight is 427 g/mol. The Morgan fingerprint density at radius 3 is 2.37 bits per heavy atom. The molecule has 2 aromatic carbocycles. The Balaban J connectivity index is 1.46. The third kappa shape index (κ3) is 4.03. The molecule has 160 valence electrons. The highest BCUT2D eigenvalue weighted by Gasteiger charge is 2.35. The summed E-state index contributed by atoms with van der Waals surface area (Å²) in [5.74, 6) is 0.491. The third-order valence-electron chi connectivity index (χ3n) is 6.34. The van der Waals surface area contributed by atoms with Crippen LogP contribution in [-0.2, 0) is 21.2 Å². The van der Waals surface area contributed by atoms with Crippen LogP contribution in [0.25, 0.3) is 0 Å². The Bertz CT molecular complexity index is 1010. The predicted molar refractivity (Wildman–Crippen MR) is 119 cm³/mol. The van der Waals surface area contributed by atoms with Gasteiger partial charge >= 0.3 is 0 Å². The minimum Gasteiger partial charge on any atom is -0.312 e. The molecule has 5 nitrogen and oxygen atoms in total. The van der Waals surface area contributed by atoms with E-state index in [2.05, 4.69) is 32.0 Å². The molecule has 0 aromatic heterocycles. The molecule has 1 fully saturated rings.